The van der Waals surface area contributed by atoms with E-state index in [1.165, 1.54) is 231 Å². The van der Waals surface area contributed by atoms with Gasteiger partial charge < -0.3 is 33.8 Å². The smallest absolute Gasteiger partial charge is 0.462 e. The minimum atomic E-state index is -4.96. The van der Waals surface area contributed by atoms with E-state index in [0.717, 1.165) is 108 Å². The number of phosphoric ester groups is 2. The Hall–Kier alpha value is -1.94. The van der Waals surface area contributed by atoms with Crippen LogP contribution in [0.4, 0.5) is 0 Å². The van der Waals surface area contributed by atoms with E-state index in [-0.39, 0.29) is 25.7 Å². The summed E-state index contributed by atoms with van der Waals surface area (Å²) in [5.74, 6) is 0.267. The summed E-state index contributed by atoms with van der Waals surface area (Å²) in [6, 6.07) is 0. The molecule has 0 aliphatic rings. The molecular weight excluding hydrogens is 1310 g/mol. The number of carbonyl (C=O) groups excluding carboxylic acids is 4. The number of aliphatic hydroxyl groups excluding tert-OH is 1. The largest absolute Gasteiger partial charge is 0.472 e. The van der Waals surface area contributed by atoms with E-state index in [2.05, 4.69) is 48.5 Å². The summed E-state index contributed by atoms with van der Waals surface area (Å²) in [7, 11) is -9.92. The van der Waals surface area contributed by atoms with Crippen molar-refractivity contribution in [3.8, 4) is 0 Å². The molecule has 0 rings (SSSR count). The highest BCUT2D eigenvalue weighted by molar-refractivity contribution is 7.47. The molecule has 594 valence electrons. The lowest BCUT2D eigenvalue weighted by Gasteiger charge is -2.21. The number of ether oxygens (including phenoxy) is 4. The molecule has 19 heteroatoms. The summed E-state index contributed by atoms with van der Waals surface area (Å²) in [6.45, 7) is 12.0. The average Bonchev–Trinajstić information content (AvgIpc) is 0.915. The fraction of sp³-hybridized carbons (Fsp3) is 0.951. The van der Waals surface area contributed by atoms with Crippen LogP contribution in [0.3, 0.4) is 0 Å². The van der Waals surface area contributed by atoms with Gasteiger partial charge in [0.1, 0.15) is 19.3 Å². The zero-order valence-corrected chi connectivity index (χ0v) is 67.5. The van der Waals surface area contributed by atoms with Crippen molar-refractivity contribution in [3.63, 3.8) is 0 Å². The third-order valence-electron chi connectivity index (χ3n) is 19.2. The average molecular weight is 1470 g/mol. The van der Waals surface area contributed by atoms with Gasteiger partial charge in [0.2, 0.25) is 0 Å². The molecule has 0 aromatic carbocycles. The predicted molar refractivity (Wildman–Crippen MR) is 409 cm³/mol. The van der Waals surface area contributed by atoms with Crippen molar-refractivity contribution < 1.29 is 80.2 Å². The Balaban J connectivity index is 5.25. The van der Waals surface area contributed by atoms with Gasteiger partial charge in [-0.15, -0.1) is 0 Å². The summed E-state index contributed by atoms with van der Waals surface area (Å²) in [5, 5.41) is 10.6. The molecule has 0 bridgehead atoms. The summed E-state index contributed by atoms with van der Waals surface area (Å²) >= 11 is 0. The lowest BCUT2D eigenvalue weighted by Crippen LogP contribution is -2.30. The second-order valence-corrected chi connectivity index (χ2v) is 33.3. The van der Waals surface area contributed by atoms with E-state index in [0.29, 0.717) is 25.7 Å². The number of carbonyl (C=O) groups is 4. The molecule has 0 amide bonds. The number of unbranched alkanes of at least 4 members (excludes halogenated alkanes) is 46. The predicted octanol–water partition coefficient (Wildman–Crippen LogP) is 24.1. The maximum atomic E-state index is 13.1. The number of aliphatic hydroxyl groups is 1. The van der Waals surface area contributed by atoms with Gasteiger partial charge >= 0.3 is 39.5 Å². The quantitative estimate of drug-likeness (QED) is 0.0222. The van der Waals surface area contributed by atoms with Crippen molar-refractivity contribution >= 4 is 39.5 Å². The van der Waals surface area contributed by atoms with Gasteiger partial charge in [0.05, 0.1) is 26.4 Å². The van der Waals surface area contributed by atoms with E-state index < -0.39 is 97.5 Å². The Labute approximate surface area is 613 Å². The Morgan fingerprint density at radius 3 is 0.760 bits per heavy atom. The van der Waals surface area contributed by atoms with Crippen molar-refractivity contribution in [2.24, 2.45) is 17.8 Å². The third-order valence-corrected chi connectivity index (χ3v) is 21.1. The summed E-state index contributed by atoms with van der Waals surface area (Å²) in [6.07, 6.45) is 59.5. The monoisotopic (exact) mass is 1470 g/mol. The first-order valence-electron chi connectivity index (χ1n) is 41.9. The Kier molecular flexibility index (Phi) is 69.9. The fourth-order valence-corrected chi connectivity index (χ4v) is 14.0. The van der Waals surface area contributed by atoms with Gasteiger partial charge in [-0.05, 0) is 43.4 Å². The zero-order valence-electron chi connectivity index (χ0n) is 65.7. The van der Waals surface area contributed by atoms with Crippen LogP contribution in [0.15, 0.2) is 0 Å². The van der Waals surface area contributed by atoms with Crippen molar-refractivity contribution in [2.45, 2.75) is 439 Å². The maximum absolute atomic E-state index is 13.1. The minimum absolute atomic E-state index is 0.105. The summed E-state index contributed by atoms with van der Waals surface area (Å²) in [4.78, 5) is 73.0. The van der Waals surface area contributed by atoms with Gasteiger partial charge in [-0.1, -0.05) is 370 Å². The molecule has 17 nitrogen and oxygen atoms in total. The van der Waals surface area contributed by atoms with E-state index in [1.807, 2.05) is 0 Å². The molecule has 0 radical (unpaired) electrons. The van der Waals surface area contributed by atoms with Crippen molar-refractivity contribution in [1.82, 2.24) is 0 Å². The van der Waals surface area contributed by atoms with Crippen LogP contribution in [0, 0.1) is 17.8 Å². The highest BCUT2D eigenvalue weighted by atomic mass is 31.2. The topological polar surface area (TPSA) is 237 Å². The molecule has 3 N–H and O–H groups in total. The molecule has 0 aliphatic carbocycles. The fourth-order valence-electron chi connectivity index (χ4n) is 12.5. The third kappa shape index (κ3) is 73.0. The Morgan fingerprint density at radius 1 is 0.290 bits per heavy atom. The lowest BCUT2D eigenvalue weighted by molar-refractivity contribution is -0.161. The van der Waals surface area contributed by atoms with E-state index in [1.54, 1.807) is 0 Å². The minimum Gasteiger partial charge on any atom is -0.462 e. The molecule has 100 heavy (non-hydrogen) atoms. The second-order valence-electron chi connectivity index (χ2n) is 30.4. The molecule has 0 aromatic heterocycles. The van der Waals surface area contributed by atoms with Crippen LogP contribution in [0.2, 0.25) is 0 Å². The molecule has 6 atom stereocenters. The summed E-state index contributed by atoms with van der Waals surface area (Å²) < 4.78 is 68.7. The van der Waals surface area contributed by atoms with Crippen LogP contribution in [0.1, 0.15) is 421 Å². The zero-order chi connectivity index (χ0) is 73.7. The van der Waals surface area contributed by atoms with Crippen molar-refractivity contribution in [3.05, 3.63) is 0 Å². The van der Waals surface area contributed by atoms with Crippen molar-refractivity contribution in [2.75, 3.05) is 39.6 Å². The Bertz CT molecular complexity index is 1940. The standard InChI is InChI=1S/C81H158O17P2/c1-8-10-11-12-13-14-15-28-33-41-48-55-62-78(83)92-69-77(98-81(86)65-58-51-44-37-36-40-47-54-61-74(7)9-2)71-96-100(89,90)94-67-75(82)66-93-99(87,88)95-70-76(68-91-79(84)63-56-49-42-34-29-24-21-20-23-27-32-39-46-53-60-73(5)6)97-80(85)64-57-50-43-35-30-25-19-17-16-18-22-26-31-38-45-52-59-72(3)4/h72-77,82H,8-71H2,1-7H3,(H,87,88)(H,89,90)/t74?,75-,76-,77-/m1/s1. The highest BCUT2D eigenvalue weighted by Crippen LogP contribution is 2.45. The van der Waals surface area contributed by atoms with Crippen molar-refractivity contribution in [1.29, 1.82) is 0 Å². The van der Waals surface area contributed by atoms with Gasteiger partial charge in [-0.2, -0.15) is 0 Å². The SMILES string of the molecule is CCCCCCCCCCCCCCC(=O)OC[C@H](COP(=O)(O)OC[C@H](O)COP(=O)(O)OC[C@@H](COC(=O)CCCCCCCCCCCCCCCCC(C)C)OC(=O)CCCCCCCCCCCCCCCCCCC(C)C)OC(=O)CCCCCCCCCCC(C)CC. The van der Waals surface area contributed by atoms with Gasteiger partial charge in [0.25, 0.3) is 0 Å². The molecule has 0 saturated carbocycles. The number of phosphoric acid groups is 2. The number of rotatable bonds is 79. The van der Waals surface area contributed by atoms with Crippen LogP contribution in [-0.4, -0.2) is 96.7 Å². The number of hydrogen-bond acceptors (Lipinski definition) is 15. The van der Waals surface area contributed by atoms with Gasteiger partial charge in [0, 0.05) is 25.7 Å². The summed E-state index contributed by atoms with van der Waals surface area (Å²) in [5.41, 5.74) is 0. The van der Waals surface area contributed by atoms with Gasteiger partial charge in [-0.25, -0.2) is 9.13 Å². The lowest BCUT2D eigenvalue weighted by atomic mass is 9.99. The molecule has 0 saturated heterocycles. The van der Waals surface area contributed by atoms with Crippen LogP contribution in [-0.2, 0) is 65.4 Å². The highest BCUT2D eigenvalue weighted by Gasteiger charge is 2.30. The van der Waals surface area contributed by atoms with Crippen LogP contribution >= 0.6 is 15.6 Å². The maximum Gasteiger partial charge on any atom is 0.472 e. The first-order chi connectivity index (χ1) is 48.3. The molecule has 0 aromatic rings. The first kappa shape index (κ1) is 98.1. The molecule has 0 fully saturated rings. The van der Waals surface area contributed by atoms with Gasteiger partial charge in [-0.3, -0.25) is 37.3 Å². The van der Waals surface area contributed by atoms with Gasteiger partial charge in [0.15, 0.2) is 12.2 Å². The molecular formula is C81H158O17P2. The molecule has 0 heterocycles. The molecule has 0 aliphatic heterocycles. The van der Waals surface area contributed by atoms with Crippen LogP contribution in [0.25, 0.3) is 0 Å². The number of hydrogen-bond donors (Lipinski definition) is 3. The van der Waals surface area contributed by atoms with Crippen LogP contribution in [0.5, 0.6) is 0 Å². The van der Waals surface area contributed by atoms with Crippen LogP contribution < -0.4 is 0 Å². The van der Waals surface area contributed by atoms with E-state index >= 15 is 0 Å². The molecule has 0 spiro atoms. The first-order valence-corrected chi connectivity index (χ1v) is 44.9. The molecule has 3 unspecified atom stereocenters. The number of esters is 4. The normalized spacial score (nSPS) is 14.2. The Morgan fingerprint density at radius 2 is 0.510 bits per heavy atom. The van der Waals surface area contributed by atoms with E-state index in [4.69, 9.17) is 37.0 Å². The second kappa shape index (κ2) is 71.3. The van der Waals surface area contributed by atoms with E-state index in [9.17, 15) is 43.2 Å².